The number of aliphatic carboxylic acids is 1. The lowest BCUT2D eigenvalue weighted by Crippen LogP contribution is -2.48. The fraction of sp³-hybridized carbons (Fsp3) is 0.529. The maximum absolute atomic E-state index is 12.4. The number of likely N-dealkylation sites (tertiary alicyclic amines) is 1. The van der Waals surface area contributed by atoms with Crippen molar-refractivity contribution in [1.29, 1.82) is 0 Å². The fourth-order valence-electron chi connectivity index (χ4n) is 2.92. The quantitative estimate of drug-likeness (QED) is 0.868. The summed E-state index contributed by atoms with van der Waals surface area (Å²) in [5.74, 6) is 0.249. The largest absolute Gasteiger partial charge is 0.493 e. The van der Waals surface area contributed by atoms with Crippen LogP contribution in [-0.2, 0) is 16.0 Å². The van der Waals surface area contributed by atoms with Gasteiger partial charge in [0.1, 0.15) is 6.04 Å². The number of methoxy groups -OCH3 is 2. The van der Waals surface area contributed by atoms with Crippen molar-refractivity contribution >= 4 is 11.9 Å². The van der Waals surface area contributed by atoms with Gasteiger partial charge >= 0.3 is 5.97 Å². The molecule has 23 heavy (non-hydrogen) atoms. The number of carbonyl (C=O) groups excluding carboxylic acids is 1. The van der Waals surface area contributed by atoms with E-state index in [4.69, 9.17) is 9.47 Å². The van der Waals surface area contributed by atoms with Crippen LogP contribution in [0.5, 0.6) is 11.5 Å². The second-order valence-corrected chi connectivity index (χ2v) is 5.63. The molecule has 6 nitrogen and oxygen atoms in total. The Hall–Kier alpha value is -2.24. The molecule has 1 heterocycles. The normalized spacial score (nSPS) is 17.7. The van der Waals surface area contributed by atoms with Crippen molar-refractivity contribution in [1.82, 2.24) is 4.90 Å². The minimum atomic E-state index is -0.913. The van der Waals surface area contributed by atoms with Crippen molar-refractivity contribution < 1.29 is 24.2 Å². The summed E-state index contributed by atoms with van der Waals surface area (Å²) in [6.45, 7) is 0.529. The van der Waals surface area contributed by atoms with Crippen molar-refractivity contribution in [2.45, 2.75) is 38.1 Å². The zero-order valence-electron chi connectivity index (χ0n) is 13.6. The number of nitrogens with zero attached hydrogens (tertiary/aromatic N) is 1. The molecule has 126 valence electrons. The number of carboxylic acid groups (broad SMARTS) is 1. The van der Waals surface area contributed by atoms with Crippen molar-refractivity contribution in [3.63, 3.8) is 0 Å². The Balaban J connectivity index is 1.99. The number of aryl methyl sites for hydroxylation is 1. The second kappa shape index (κ2) is 7.85. The van der Waals surface area contributed by atoms with Crippen LogP contribution in [0.3, 0.4) is 0 Å². The van der Waals surface area contributed by atoms with E-state index in [9.17, 15) is 14.7 Å². The van der Waals surface area contributed by atoms with Gasteiger partial charge in [0.15, 0.2) is 11.5 Å². The lowest BCUT2D eigenvalue weighted by molar-refractivity contribution is -0.152. The molecule has 0 radical (unpaired) electrons. The van der Waals surface area contributed by atoms with Gasteiger partial charge in [-0.25, -0.2) is 4.79 Å². The Morgan fingerprint density at radius 2 is 1.96 bits per heavy atom. The van der Waals surface area contributed by atoms with Crippen molar-refractivity contribution in [3.8, 4) is 11.5 Å². The molecule has 0 aromatic heterocycles. The molecule has 0 bridgehead atoms. The van der Waals surface area contributed by atoms with Gasteiger partial charge in [0.05, 0.1) is 14.2 Å². The monoisotopic (exact) mass is 321 g/mol. The van der Waals surface area contributed by atoms with E-state index in [0.717, 1.165) is 18.4 Å². The van der Waals surface area contributed by atoms with Crippen LogP contribution in [-0.4, -0.2) is 48.7 Å². The maximum atomic E-state index is 12.4. The number of carboxylic acids is 1. The molecule has 1 aromatic carbocycles. The topological polar surface area (TPSA) is 76.1 Å². The molecular formula is C17H23NO5. The summed E-state index contributed by atoms with van der Waals surface area (Å²) in [6.07, 6.45) is 3.10. The number of hydrogen-bond acceptors (Lipinski definition) is 4. The minimum absolute atomic E-state index is 0.105. The smallest absolute Gasteiger partial charge is 0.326 e. The number of piperidine rings is 1. The van der Waals surface area contributed by atoms with Crippen LogP contribution in [0.2, 0.25) is 0 Å². The zero-order chi connectivity index (χ0) is 16.8. The maximum Gasteiger partial charge on any atom is 0.326 e. The Morgan fingerprint density at radius 3 is 2.61 bits per heavy atom. The van der Waals surface area contributed by atoms with Crippen molar-refractivity contribution in [3.05, 3.63) is 23.8 Å². The third-order valence-corrected chi connectivity index (χ3v) is 4.18. The lowest BCUT2D eigenvalue weighted by Gasteiger charge is -2.33. The van der Waals surface area contributed by atoms with E-state index >= 15 is 0 Å². The SMILES string of the molecule is COc1ccc(CCC(=O)N2CCCC[C@H]2C(=O)O)cc1OC. The van der Waals surface area contributed by atoms with Gasteiger partial charge in [-0.05, 0) is 43.4 Å². The molecule has 1 aliphatic rings. The molecule has 1 aromatic rings. The Kier molecular flexibility index (Phi) is 5.84. The first kappa shape index (κ1) is 17.1. The van der Waals surface area contributed by atoms with E-state index in [1.807, 2.05) is 12.1 Å². The van der Waals surface area contributed by atoms with E-state index in [1.54, 1.807) is 20.3 Å². The first-order valence-corrected chi connectivity index (χ1v) is 7.80. The highest BCUT2D eigenvalue weighted by atomic mass is 16.5. The highest BCUT2D eigenvalue weighted by molar-refractivity contribution is 5.84. The second-order valence-electron chi connectivity index (χ2n) is 5.63. The predicted molar refractivity (Wildman–Crippen MR) is 84.9 cm³/mol. The molecule has 1 N–H and O–H groups in total. The van der Waals surface area contributed by atoms with E-state index in [2.05, 4.69) is 0 Å². The molecule has 0 saturated carbocycles. The molecular weight excluding hydrogens is 298 g/mol. The number of rotatable bonds is 6. The van der Waals surface area contributed by atoms with Gasteiger partial charge in [0, 0.05) is 13.0 Å². The molecule has 1 amide bonds. The summed E-state index contributed by atoms with van der Waals surface area (Å²) in [5.41, 5.74) is 0.958. The lowest BCUT2D eigenvalue weighted by atomic mass is 10.0. The molecule has 0 aliphatic carbocycles. The number of hydrogen-bond donors (Lipinski definition) is 1. The molecule has 1 atom stereocenters. The average molecular weight is 321 g/mol. The highest BCUT2D eigenvalue weighted by Gasteiger charge is 2.31. The van der Waals surface area contributed by atoms with Crippen LogP contribution >= 0.6 is 0 Å². The molecule has 1 fully saturated rings. The van der Waals surface area contributed by atoms with Crippen LogP contribution in [0.25, 0.3) is 0 Å². The summed E-state index contributed by atoms with van der Waals surface area (Å²) >= 11 is 0. The molecule has 1 saturated heterocycles. The summed E-state index contributed by atoms with van der Waals surface area (Å²) in [5, 5.41) is 9.24. The van der Waals surface area contributed by atoms with Gasteiger partial charge in [-0.1, -0.05) is 6.07 Å². The first-order valence-electron chi connectivity index (χ1n) is 7.80. The zero-order valence-corrected chi connectivity index (χ0v) is 13.6. The highest BCUT2D eigenvalue weighted by Crippen LogP contribution is 2.28. The van der Waals surface area contributed by atoms with Gasteiger partial charge in [0.2, 0.25) is 5.91 Å². The number of ether oxygens (including phenoxy) is 2. The molecule has 6 heteroatoms. The van der Waals surface area contributed by atoms with Gasteiger partial charge in [-0.3, -0.25) is 4.79 Å². The summed E-state index contributed by atoms with van der Waals surface area (Å²) in [7, 11) is 3.14. The molecule has 1 aliphatic heterocycles. The minimum Gasteiger partial charge on any atom is -0.493 e. The van der Waals surface area contributed by atoms with Crippen LogP contribution < -0.4 is 9.47 Å². The Labute approximate surface area is 136 Å². The van der Waals surface area contributed by atoms with Crippen LogP contribution in [0.4, 0.5) is 0 Å². The van der Waals surface area contributed by atoms with E-state index in [-0.39, 0.29) is 5.91 Å². The number of carbonyl (C=O) groups is 2. The van der Waals surface area contributed by atoms with Gasteiger partial charge in [-0.2, -0.15) is 0 Å². The van der Waals surface area contributed by atoms with Crippen LogP contribution in [0, 0.1) is 0 Å². The van der Waals surface area contributed by atoms with Crippen molar-refractivity contribution in [2.24, 2.45) is 0 Å². The molecule has 2 rings (SSSR count). The predicted octanol–water partition coefficient (Wildman–Crippen LogP) is 2.10. The average Bonchev–Trinajstić information content (AvgIpc) is 2.59. The van der Waals surface area contributed by atoms with E-state index in [0.29, 0.717) is 37.3 Å². The fourth-order valence-corrected chi connectivity index (χ4v) is 2.92. The van der Waals surface area contributed by atoms with Crippen LogP contribution in [0.15, 0.2) is 18.2 Å². The standard InChI is InChI=1S/C17H23NO5/c1-22-14-8-6-12(11-15(14)23-2)7-9-16(19)18-10-4-3-5-13(18)17(20)21/h6,8,11,13H,3-5,7,9-10H2,1-2H3,(H,20,21)/t13-/m0/s1. The summed E-state index contributed by atoms with van der Waals surface area (Å²) < 4.78 is 10.4. The van der Waals surface area contributed by atoms with E-state index < -0.39 is 12.0 Å². The summed E-state index contributed by atoms with van der Waals surface area (Å²) in [6, 6.07) is 4.86. The van der Waals surface area contributed by atoms with Crippen LogP contribution in [0.1, 0.15) is 31.2 Å². The third-order valence-electron chi connectivity index (χ3n) is 4.18. The molecule has 0 spiro atoms. The summed E-state index contributed by atoms with van der Waals surface area (Å²) in [4.78, 5) is 25.2. The third kappa shape index (κ3) is 4.15. The first-order chi connectivity index (χ1) is 11.1. The van der Waals surface area contributed by atoms with Crippen molar-refractivity contribution in [2.75, 3.05) is 20.8 Å². The number of benzene rings is 1. The van der Waals surface area contributed by atoms with Gasteiger partial charge < -0.3 is 19.5 Å². The van der Waals surface area contributed by atoms with E-state index in [1.165, 1.54) is 4.90 Å². The van der Waals surface area contributed by atoms with Gasteiger partial charge in [0.25, 0.3) is 0 Å². The number of amides is 1. The Bertz CT molecular complexity index is 572. The Morgan fingerprint density at radius 1 is 1.22 bits per heavy atom. The molecule has 0 unspecified atom stereocenters. The van der Waals surface area contributed by atoms with Gasteiger partial charge in [-0.15, -0.1) is 0 Å².